The molecule has 122 valence electrons. The number of benzene rings is 1. The van der Waals surface area contributed by atoms with Crippen molar-refractivity contribution in [1.29, 1.82) is 0 Å². The van der Waals surface area contributed by atoms with Crippen LogP contribution in [0.4, 0.5) is 5.69 Å². The van der Waals surface area contributed by atoms with Gasteiger partial charge >= 0.3 is 0 Å². The van der Waals surface area contributed by atoms with Crippen LogP contribution in [0.15, 0.2) is 53.0 Å². The van der Waals surface area contributed by atoms with Crippen LogP contribution in [0.5, 0.6) is 0 Å². The summed E-state index contributed by atoms with van der Waals surface area (Å²) in [4.78, 5) is 12.6. The normalized spacial score (nSPS) is 30.2. The number of anilines is 1. The Morgan fingerprint density at radius 1 is 0.957 bits per heavy atom. The minimum atomic E-state index is 0.191. The van der Waals surface area contributed by atoms with Crippen molar-refractivity contribution in [2.24, 2.45) is 17.8 Å². The Hall–Kier alpha value is -1.35. The fourth-order valence-electron chi connectivity index (χ4n) is 3.65. The Morgan fingerprint density at radius 2 is 1.57 bits per heavy atom. The topological polar surface area (TPSA) is 29.1 Å². The second-order valence-electron chi connectivity index (χ2n) is 6.53. The molecule has 1 aromatic carbocycles. The van der Waals surface area contributed by atoms with E-state index in [0.29, 0.717) is 11.8 Å². The first kappa shape index (κ1) is 16.5. The van der Waals surface area contributed by atoms with Gasteiger partial charge in [0.2, 0.25) is 5.91 Å². The minimum Gasteiger partial charge on any atom is -0.326 e. The van der Waals surface area contributed by atoms with Gasteiger partial charge in [-0.05, 0) is 68.6 Å². The number of amides is 1. The molecule has 3 atom stereocenters. The number of hydrogen-bond donors (Lipinski definition) is 1. The summed E-state index contributed by atoms with van der Waals surface area (Å²) in [6, 6.07) is 7.83. The largest absolute Gasteiger partial charge is 0.326 e. The summed E-state index contributed by atoms with van der Waals surface area (Å²) in [5.74, 6) is 1.50. The lowest BCUT2D eigenvalue weighted by Crippen LogP contribution is -2.15. The molecular weight excluding hydrogens is 350 g/mol. The van der Waals surface area contributed by atoms with Crippen molar-refractivity contribution in [2.45, 2.75) is 38.5 Å². The molecule has 0 spiro atoms. The van der Waals surface area contributed by atoms with E-state index in [4.69, 9.17) is 0 Å². The average molecular weight is 374 g/mol. The van der Waals surface area contributed by atoms with Gasteiger partial charge in [-0.2, -0.15) is 0 Å². The van der Waals surface area contributed by atoms with E-state index in [1.807, 2.05) is 24.3 Å². The first-order valence-corrected chi connectivity index (χ1v) is 9.41. The van der Waals surface area contributed by atoms with Crippen LogP contribution in [-0.4, -0.2) is 5.91 Å². The van der Waals surface area contributed by atoms with E-state index in [1.165, 1.54) is 0 Å². The lowest BCUT2D eigenvalue weighted by molar-refractivity contribution is -0.117. The molecule has 2 aliphatic carbocycles. The fraction of sp³-hybridized carbons (Fsp3) is 0.450. The number of carbonyl (C=O) groups excluding carboxylic acids is 1. The van der Waals surface area contributed by atoms with Crippen LogP contribution in [0.25, 0.3) is 0 Å². The van der Waals surface area contributed by atoms with Crippen molar-refractivity contribution in [2.75, 3.05) is 5.32 Å². The number of fused-ring (bicyclic) bond motifs is 1. The van der Waals surface area contributed by atoms with E-state index < -0.39 is 0 Å². The summed E-state index contributed by atoms with van der Waals surface area (Å²) >= 11 is 3.45. The predicted octanol–water partition coefficient (Wildman–Crippen LogP) is 5.72. The quantitative estimate of drug-likeness (QED) is 0.660. The van der Waals surface area contributed by atoms with Gasteiger partial charge in [0.1, 0.15) is 0 Å². The summed E-state index contributed by atoms with van der Waals surface area (Å²) in [6.07, 6.45) is 15.9. The zero-order valence-corrected chi connectivity index (χ0v) is 15.0. The maximum absolute atomic E-state index is 12.6. The van der Waals surface area contributed by atoms with E-state index in [1.54, 1.807) is 0 Å². The van der Waals surface area contributed by atoms with Gasteiger partial charge in [0, 0.05) is 16.1 Å². The Kier molecular flexibility index (Phi) is 5.71. The summed E-state index contributed by atoms with van der Waals surface area (Å²) in [6.45, 7) is 0. The second-order valence-corrected chi connectivity index (χ2v) is 7.44. The molecule has 0 bridgehead atoms. The monoisotopic (exact) mass is 373 g/mol. The summed E-state index contributed by atoms with van der Waals surface area (Å²) in [5, 5.41) is 3.09. The van der Waals surface area contributed by atoms with Gasteiger partial charge in [0.05, 0.1) is 0 Å². The van der Waals surface area contributed by atoms with Gasteiger partial charge in [-0.15, -0.1) is 0 Å². The highest BCUT2D eigenvalue weighted by atomic mass is 79.9. The number of allylic oxidation sites excluding steroid dienone is 4. The molecule has 1 N–H and O–H groups in total. The molecule has 1 amide bonds. The van der Waals surface area contributed by atoms with Crippen LogP contribution in [0.1, 0.15) is 38.5 Å². The van der Waals surface area contributed by atoms with Crippen molar-refractivity contribution < 1.29 is 4.79 Å². The lowest BCUT2D eigenvalue weighted by atomic mass is 10.1. The van der Waals surface area contributed by atoms with Gasteiger partial charge < -0.3 is 5.32 Å². The first-order chi connectivity index (χ1) is 11.3. The first-order valence-electron chi connectivity index (χ1n) is 8.62. The number of nitrogens with one attached hydrogen (secondary N) is 1. The van der Waals surface area contributed by atoms with E-state index in [0.717, 1.165) is 48.7 Å². The Bertz CT molecular complexity index is 583. The molecule has 0 aliphatic heterocycles. The van der Waals surface area contributed by atoms with Crippen LogP contribution < -0.4 is 5.32 Å². The lowest BCUT2D eigenvalue weighted by Gasteiger charge is -2.05. The molecule has 2 nitrogen and oxygen atoms in total. The van der Waals surface area contributed by atoms with E-state index >= 15 is 0 Å². The summed E-state index contributed by atoms with van der Waals surface area (Å²) in [5.41, 5.74) is 0.881. The van der Waals surface area contributed by atoms with Gasteiger partial charge in [0.25, 0.3) is 0 Å². The maximum atomic E-state index is 12.6. The van der Waals surface area contributed by atoms with Crippen LogP contribution in [0.3, 0.4) is 0 Å². The maximum Gasteiger partial charge on any atom is 0.228 e. The van der Waals surface area contributed by atoms with Crippen LogP contribution in [0, 0.1) is 17.8 Å². The molecule has 1 unspecified atom stereocenters. The molecule has 0 saturated heterocycles. The molecule has 3 rings (SSSR count). The van der Waals surface area contributed by atoms with E-state index in [-0.39, 0.29) is 11.8 Å². The molecule has 3 heteroatoms. The van der Waals surface area contributed by atoms with E-state index in [2.05, 4.69) is 45.6 Å². The van der Waals surface area contributed by atoms with Crippen LogP contribution in [-0.2, 0) is 4.79 Å². The molecule has 0 aromatic heterocycles. The predicted molar refractivity (Wildman–Crippen MR) is 99.2 cm³/mol. The number of hydrogen-bond acceptors (Lipinski definition) is 1. The van der Waals surface area contributed by atoms with Crippen molar-refractivity contribution >= 4 is 27.5 Å². The minimum absolute atomic E-state index is 0.191. The van der Waals surface area contributed by atoms with E-state index in [9.17, 15) is 4.79 Å². The zero-order chi connectivity index (χ0) is 16.1. The van der Waals surface area contributed by atoms with Gasteiger partial charge in [-0.3, -0.25) is 4.79 Å². The average Bonchev–Trinajstić information content (AvgIpc) is 3.20. The highest BCUT2D eigenvalue weighted by Gasteiger charge is 2.52. The summed E-state index contributed by atoms with van der Waals surface area (Å²) < 4.78 is 0.993. The molecule has 23 heavy (non-hydrogen) atoms. The molecule has 1 aromatic rings. The number of halogens is 1. The molecule has 1 fully saturated rings. The standard InChI is InChI=1S/C20H24BrNO/c21-15-10-9-11-16(14-15)22-20(23)19-17-12-7-5-3-1-2-4-6-8-13-18(17)19/h3-6,9-11,14,17-19H,1-2,7-8,12-13H2,(H,22,23)/b5-3-,6-4+/t17-,18+,19?/m1/s1. The Labute approximate surface area is 147 Å². The molecule has 2 aliphatic rings. The molecular formula is C20H24BrNO. The zero-order valence-electron chi connectivity index (χ0n) is 13.4. The molecule has 0 radical (unpaired) electrons. The third kappa shape index (κ3) is 4.57. The Balaban J connectivity index is 1.61. The molecule has 1 saturated carbocycles. The van der Waals surface area contributed by atoms with Crippen LogP contribution in [0.2, 0.25) is 0 Å². The number of rotatable bonds is 2. The highest BCUT2D eigenvalue weighted by molar-refractivity contribution is 9.10. The van der Waals surface area contributed by atoms with Gasteiger partial charge in [-0.1, -0.05) is 46.3 Å². The fourth-order valence-corrected chi connectivity index (χ4v) is 4.05. The molecule has 0 heterocycles. The van der Waals surface area contributed by atoms with Gasteiger partial charge in [0.15, 0.2) is 0 Å². The third-order valence-corrected chi connectivity index (χ3v) is 5.39. The van der Waals surface area contributed by atoms with Crippen molar-refractivity contribution in [3.8, 4) is 0 Å². The van der Waals surface area contributed by atoms with Crippen LogP contribution >= 0.6 is 15.9 Å². The summed E-state index contributed by atoms with van der Waals surface area (Å²) in [7, 11) is 0. The second kappa shape index (κ2) is 7.96. The third-order valence-electron chi connectivity index (χ3n) is 4.89. The Morgan fingerprint density at radius 3 is 2.17 bits per heavy atom. The van der Waals surface area contributed by atoms with Crippen molar-refractivity contribution in [1.82, 2.24) is 0 Å². The van der Waals surface area contributed by atoms with Gasteiger partial charge in [-0.25, -0.2) is 0 Å². The highest BCUT2D eigenvalue weighted by Crippen LogP contribution is 2.52. The smallest absolute Gasteiger partial charge is 0.228 e. The number of carbonyl (C=O) groups is 1. The SMILES string of the molecule is O=C(Nc1cccc(Br)c1)C1[C@H]2CC/C=C/CC/C=C\CC[C@@H]12. The van der Waals surface area contributed by atoms with Crippen molar-refractivity contribution in [3.05, 3.63) is 53.0 Å². The van der Waals surface area contributed by atoms with Crippen molar-refractivity contribution in [3.63, 3.8) is 0 Å².